The van der Waals surface area contributed by atoms with E-state index in [4.69, 9.17) is 4.74 Å². The van der Waals surface area contributed by atoms with Gasteiger partial charge in [-0.05, 0) is 73.3 Å². The number of hydrogen-bond donors (Lipinski definition) is 1. The summed E-state index contributed by atoms with van der Waals surface area (Å²) in [6.07, 6.45) is 8.92. The van der Waals surface area contributed by atoms with E-state index in [2.05, 4.69) is 6.92 Å². The van der Waals surface area contributed by atoms with Crippen LogP contribution in [0.3, 0.4) is 0 Å². The molecule has 4 heteroatoms. The quantitative estimate of drug-likeness (QED) is 0.836. The number of rotatable bonds is 2. The second-order valence-corrected chi connectivity index (χ2v) is 9.43. The van der Waals surface area contributed by atoms with Gasteiger partial charge in [0.2, 0.25) is 0 Å². The molecule has 136 valence electrons. The predicted octanol–water partition coefficient (Wildman–Crippen LogP) is 2.68. The molecule has 1 saturated heterocycles. The Balaban J connectivity index is 1.51. The maximum Gasteiger partial charge on any atom is 0.161 e. The Bertz CT molecular complexity index is 667. The summed E-state index contributed by atoms with van der Waals surface area (Å²) in [6, 6.07) is 0. The Morgan fingerprint density at radius 3 is 2.92 bits per heavy atom. The van der Waals surface area contributed by atoms with Crippen molar-refractivity contribution in [3.05, 3.63) is 11.6 Å². The van der Waals surface area contributed by atoms with E-state index < -0.39 is 0 Å². The highest BCUT2D eigenvalue weighted by Crippen LogP contribution is 2.68. The highest BCUT2D eigenvalue weighted by Gasteiger charge is 2.64. The summed E-state index contributed by atoms with van der Waals surface area (Å²) < 4.78 is 6.20. The first-order valence-corrected chi connectivity index (χ1v) is 10.00. The van der Waals surface area contributed by atoms with E-state index in [-0.39, 0.29) is 41.0 Å². The van der Waals surface area contributed by atoms with Gasteiger partial charge in [-0.15, -0.1) is 0 Å². The van der Waals surface area contributed by atoms with Gasteiger partial charge in [0.1, 0.15) is 6.61 Å². The number of carbonyl (C=O) groups excluding carboxylic acids is 2. The van der Waals surface area contributed by atoms with Crippen molar-refractivity contribution in [3.8, 4) is 0 Å². The van der Waals surface area contributed by atoms with Crippen LogP contribution in [0.4, 0.5) is 0 Å². The van der Waals surface area contributed by atoms with Gasteiger partial charge in [0.05, 0.1) is 12.7 Å². The Morgan fingerprint density at radius 1 is 1.28 bits per heavy atom. The van der Waals surface area contributed by atoms with E-state index in [1.165, 1.54) is 5.57 Å². The molecule has 0 aromatic rings. The SMILES string of the molecule is C[C@]12CCC3C(C[C@H]4OC[C@@]35CCC(=O)C=C45)C1CCC2C(=O)CO. The Hall–Kier alpha value is -1.00. The number of fused-ring (bicyclic) bond motifs is 3. The molecule has 1 heterocycles. The van der Waals surface area contributed by atoms with Gasteiger partial charge in [-0.1, -0.05) is 6.92 Å². The number of hydrogen-bond acceptors (Lipinski definition) is 4. The lowest BCUT2D eigenvalue weighted by atomic mass is 9.46. The first-order chi connectivity index (χ1) is 12.0. The number of ether oxygens (including phenoxy) is 1. The van der Waals surface area contributed by atoms with Crippen molar-refractivity contribution in [3.63, 3.8) is 0 Å². The van der Waals surface area contributed by atoms with E-state index in [9.17, 15) is 14.7 Å². The summed E-state index contributed by atoms with van der Waals surface area (Å²) in [6.45, 7) is 2.78. The second kappa shape index (κ2) is 5.26. The zero-order valence-electron chi connectivity index (χ0n) is 15.0. The van der Waals surface area contributed by atoms with Gasteiger partial charge < -0.3 is 9.84 Å². The summed E-state index contributed by atoms with van der Waals surface area (Å²) in [5, 5.41) is 9.40. The summed E-state index contributed by atoms with van der Waals surface area (Å²) in [5.41, 5.74) is 1.44. The zero-order valence-corrected chi connectivity index (χ0v) is 15.0. The molecule has 0 spiro atoms. The topological polar surface area (TPSA) is 63.6 Å². The molecule has 7 atom stereocenters. The highest BCUT2D eigenvalue weighted by molar-refractivity contribution is 5.92. The van der Waals surface area contributed by atoms with Crippen LogP contribution in [0.25, 0.3) is 0 Å². The molecule has 0 aromatic carbocycles. The Morgan fingerprint density at radius 2 is 2.12 bits per heavy atom. The molecule has 0 amide bonds. The molecule has 0 aromatic heterocycles. The number of carbonyl (C=O) groups is 2. The summed E-state index contributed by atoms with van der Waals surface area (Å²) in [5.74, 6) is 2.12. The molecular formula is C21H28O4. The third kappa shape index (κ3) is 1.96. The maximum absolute atomic E-state index is 12.3. The minimum absolute atomic E-state index is 0.0318. The summed E-state index contributed by atoms with van der Waals surface area (Å²) in [4.78, 5) is 24.3. The van der Waals surface area contributed by atoms with Crippen molar-refractivity contribution < 1.29 is 19.4 Å². The van der Waals surface area contributed by atoms with Crippen LogP contribution in [0.15, 0.2) is 11.6 Å². The van der Waals surface area contributed by atoms with Gasteiger partial charge in [0, 0.05) is 17.8 Å². The van der Waals surface area contributed by atoms with Crippen LogP contribution in [0, 0.1) is 34.5 Å². The molecule has 25 heavy (non-hydrogen) atoms. The van der Waals surface area contributed by atoms with Crippen LogP contribution in [0.1, 0.15) is 51.9 Å². The molecular weight excluding hydrogens is 316 g/mol. The van der Waals surface area contributed by atoms with Gasteiger partial charge in [-0.2, -0.15) is 0 Å². The van der Waals surface area contributed by atoms with E-state index in [1.54, 1.807) is 0 Å². The third-order valence-corrected chi connectivity index (χ3v) is 8.78. The summed E-state index contributed by atoms with van der Waals surface area (Å²) >= 11 is 0. The van der Waals surface area contributed by atoms with Crippen LogP contribution < -0.4 is 0 Å². The fourth-order valence-corrected chi connectivity index (χ4v) is 7.68. The average Bonchev–Trinajstić information content (AvgIpc) is 3.08. The molecule has 4 aliphatic carbocycles. The van der Waals surface area contributed by atoms with Crippen molar-refractivity contribution in [2.45, 2.75) is 58.0 Å². The summed E-state index contributed by atoms with van der Waals surface area (Å²) in [7, 11) is 0. The third-order valence-electron chi connectivity index (χ3n) is 8.78. The minimum atomic E-state index is -0.314. The first-order valence-electron chi connectivity index (χ1n) is 10.00. The lowest BCUT2D eigenvalue weighted by Crippen LogP contribution is -2.53. The van der Waals surface area contributed by atoms with Crippen molar-refractivity contribution >= 4 is 11.6 Å². The molecule has 2 bridgehead atoms. The molecule has 1 N–H and O–H groups in total. The van der Waals surface area contributed by atoms with E-state index in [1.807, 2.05) is 6.08 Å². The first kappa shape index (κ1) is 16.2. The second-order valence-electron chi connectivity index (χ2n) is 9.43. The monoisotopic (exact) mass is 344 g/mol. The molecule has 4 fully saturated rings. The molecule has 5 rings (SSSR count). The predicted molar refractivity (Wildman–Crippen MR) is 91.7 cm³/mol. The molecule has 4 nitrogen and oxygen atoms in total. The molecule has 4 unspecified atom stereocenters. The average molecular weight is 344 g/mol. The normalized spacial score (nSPS) is 50.7. The fourth-order valence-electron chi connectivity index (χ4n) is 7.68. The van der Waals surface area contributed by atoms with Crippen LogP contribution in [0.5, 0.6) is 0 Å². The highest BCUT2D eigenvalue weighted by atomic mass is 16.5. The van der Waals surface area contributed by atoms with E-state index >= 15 is 0 Å². The molecule has 0 radical (unpaired) electrons. The Kier molecular flexibility index (Phi) is 3.41. The van der Waals surface area contributed by atoms with Gasteiger partial charge >= 0.3 is 0 Å². The van der Waals surface area contributed by atoms with Crippen LogP contribution in [0.2, 0.25) is 0 Å². The largest absolute Gasteiger partial charge is 0.389 e. The van der Waals surface area contributed by atoms with Crippen LogP contribution in [-0.4, -0.2) is 36.0 Å². The number of aliphatic hydroxyl groups is 1. The number of ketones is 2. The van der Waals surface area contributed by atoms with Crippen molar-refractivity contribution in [2.24, 2.45) is 34.5 Å². The van der Waals surface area contributed by atoms with Crippen molar-refractivity contribution in [1.29, 1.82) is 0 Å². The van der Waals surface area contributed by atoms with Gasteiger partial charge in [-0.25, -0.2) is 0 Å². The van der Waals surface area contributed by atoms with Gasteiger partial charge in [0.25, 0.3) is 0 Å². The molecule has 3 saturated carbocycles. The zero-order chi connectivity index (χ0) is 17.4. The van der Waals surface area contributed by atoms with Gasteiger partial charge in [0.15, 0.2) is 11.6 Å². The lowest BCUT2D eigenvalue weighted by Gasteiger charge is -2.56. The Labute approximate surface area is 149 Å². The van der Waals surface area contributed by atoms with Gasteiger partial charge in [-0.3, -0.25) is 9.59 Å². The standard InChI is InChI=1S/C21H28O4/c1-20-6-5-15-13(14(20)2-3-16(20)18(24)10-22)9-19-17-8-12(23)4-7-21(15,17)11-25-19/h8,13-16,19,22H,2-7,9-11H2,1H3/t13?,14?,15?,16?,19-,20+,21+/m1/s1. The van der Waals surface area contributed by atoms with Crippen LogP contribution in [-0.2, 0) is 14.3 Å². The number of aliphatic hydroxyl groups excluding tert-OH is 1. The minimum Gasteiger partial charge on any atom is -0.389 e. The van der Waals surface area contributed by atoms with Crippen molar-refractivity contribution in [2.75, 3.05) is 13.2 Å². The fraction of sp³-hybridized carbons (Fsp3) is 0.810. The smallest absolute Gasteiger partial charge is 0.161 e. The van der Waals surface area contributed by atoms with Crippen molar-refractivity contribution in [1.82, 2.24) is 0 Å². The maximum atomic E-state index is 12.3. The molecule has 5 aliphatic rings. The lowest BCUT2D eigenvalue weighted by molar-refractivity contribution is -0.132. The molecule has 1 aliphatic heterocycles. The van der Waals surface area contributed by atoms with Crippen LogP contribution >= 0.6 is 0 Å². The van der Waals surface area contributed by atoms with E-state index in [0.717, 1.165) is 45.1 Å². The van der Waals surface area contributed by atoms with E-state index in [0.29, 0.717) is 24.2 Å². The number of Topliss-reactive ketones (excluding diaryl/α,β-unsaturated/α-hetero) is 1.